The molecular weight excluding hydrogens is 483 g/mol. The van der Waals surface area contributed by atoms with E-state index in [0.29, 0.717) is 22.8 Å². The van der Waals surface area contributed by atoms with Gasteiger partial charge in [-0.15, -0.1) is 0 Å². The van der Waals surface area contributed by atoms with E-state index in [1.807, 2.05) is 18.2 Å². The second kappa shape index (κ2) is 13.8. The van der Waals surface area contributed by atoms with E-state index in [9.17, 15) is 4.79 Å². The predicted octanol–water partition coefficient (Wildman–Crippen LogP) is 10.7. The highest BCUT2D eigenvalue weighted by Crippen LogP contribution is 2.43. The molecule has 1 aromatic carbocycles. The number of halogens is 1. The second-order valence-corrected chi connectivity index (χ2v) is 13.7. The molecule has 3 aliphatic carbocycles. The van der Waals surface area contributed by atoms with Gasteiger partial charge in [0.05, 0.1) is 0 Å². The molecule has 0 atom stereocenters. The zero-order chi connectivity index (χ0) is 27.2. The Morgan fingerprint density at radius 1 is 0.744 bits per heavy atom. The number of fused-ring (bicyclic) bond motifs is 1. The van der Waals surface area contributed by atoms with Crippen molar-refractivity contribution in [1.82, 2.24) is 0 Å². The standard InChI is InChI=1S/C36H53FO2/c1-3-5-7-26-8-15-28(16-9-26)29-17-10-27(11-18-29)14-21-31-22-23-32-24-33(39-36(38)34(32)35(31)37)30-19-12-25(6-4-2)13-20-30/h22-30H,3-21H2,1-2H3. The minimum atomic E-state index is -0.484. The van der Waals surface area contributed by atoms with Gasteiger partial charge in [-0.3, -0.25) is 0 Å². The lowest BCUT2D eigenvalue weighted by Crippen LogP contribution is -2.26. The van der Waals surface area contributed by atoms with Crippen LogP contribution in [0.5, 0.6) is 0 Å². The van der Waals surface area contributed by atoms with Crippen LogP contribution in [0.1, 0.15) is 147 Å². The van der Waals surface area contributed by atoms with Crippen molar-refractivity contribution >= 4 is 10.8 Å². The van der Waals surface area contributed by atoms with Crippen LogP contribution in [0.2, 0.25) is 0 Å². The summed E-state index contributed by atoms with van der Waals surface area (Å²) in [6.45, 7) is 4.56. The lowest BCUT2D eigenvalue weighted by atomic mass is 9.68. The first-order valence-electron chi connectivity index (χ1n) is 16.8. The van der Waals surface area contributed by atoms with Crippen LogP contribution in [0.15, 0.2) is 27.4 Å². The van der Waals surface area contributed by atoms with E-state index < -0.39 is 5.63 Å². The average Bonchev–Trinajstić information content (AvgIpc) is 2.96. The molecule has 1 aromatic heterocycles. The highest BCUT2D eigenvalue weighted by Gasteiger charge is 2.31. The Morgan fingerprint density at radius 2 is 1.33 bits per heavy atom. The van der Waals surface area contributed by atoms with Crippen LogP contribution >= 0.6 is 0 Å². The van der Waals surface area contributed by atoms with Crippen LogP contribution in [-0.4, -0.2) is 0 Å². The molecule has 5 rings (SSSR count). The van der Waals surface area contributed by atoms with Gasteiger partial charge in [0.15, 0.2) is 0 Å². The molecule has 3 aliphatic rings. The Kier molecular flexibility index (Phi) is 10.2. The topological polar surface area (TPSA) is 30.2 Å². The molecule has 39 heavy (non-hydrogen) atoms. The summed E-state index contributed by atoms with van der Waals surface area (Å²) in [6, 6.07) is 5.85. The van der Waals surface area contributed by atoms with Gasteiger partial charge in [-0.05, 0) is 111 Å². The molecule has 0 amide bonds. The number of aryl methyl sites for hydroxylation is 1. The predicted molar refractivity (Wildman–Crippen MR) is 161 cm³/mol. The molecule has 0 radical (unpaired) electrons. The summed E-state index contributed by atoms with van der Waals surface area (Å²) in [6.07, 6.45) is 24.2. The SMILES string of the molecule is CCCCC1CCC(C2CCC(CCc3ccc4cc(C5CCC(CCC)CC5)oc(=O)c4c3F)CC2)CC1. The third-order valence-corrected chi connectivity index (χ3v) is 11.1. The third kappa shape index (κ3) is 7.17. The maximum atomic E-state index is 15.5. The quantitative estimate of drug-likeness (QED) is 0.302. The normalized spacial score (nSPS) is 30.0. The molecule has 0 bridgehead atoms. The van der Waals surface area contributed by atoms with E-state index in [1.165, 1.54) is 96.3 Å². The van der Waals surface area contributed by atoms with Crippen molar-refractivity contribution in [3.63, 3.8) is 0 Å². The lowest BCUT2D eigenvalue weighted by Gasteiger charge is -2.38. The number of hydrogen-bond acceptors (Lipinski definition) is 2. The monoisotopic (exact) mass is 536 g/mol. The zero-order valence-electron chi connectivity index (χ0n) is 24.8. The smallest absolute Gasteiger partial charge is 0.346 e. The van der Waals surface area contributed by atoms with Gasteiger partial charge < -0.3 is 4.42 Å². The van der Waals surface area contributed by atoms with E-state index in [4.69, 9.17) is 4.42 Å². The Balaban J connectivity index is 1.13. The lowest BCUT2D eigenvalue weighted by molar-refractivity contribution is 0.140. The van der Waals surface area contributed by atoms with Gasteiger partial charge in [-0.2, -0.15) is 0 Å². The average molecular weight is 537 g/mol. The molecule has 2 nitrogen and oxygen atoms in total. The second-order valence-electron chi connectivity index (χ2n) is 13.7. The van der Waals surface area contributed by atoms with E-state index in [-0.39, 0.29) is 11.2 Å². The van der Waals surface area contributed by atoms with Crippen molar-refractivity contribution < 1.29 is 8.81 Å². The highest BCUT2D eigenvalue weighted by atomic mass is 19.1. The van der Waals surface area contributed by atoms with Gasteiger partial charge in [-0.1, -0.05) is 83.8 Å². The molecule has 2 aromatic rings. The largest absolute Gasteiger partial charge is 0.427 e. The summed E-state index contributed by atoms with van der Waals surface area (Å²) in [5.41, 5.74) is 0.206. The summed E-state index contributed by atoms with van der Waals surface area (Å²) in [5.74, 6) is 5.10. The van der Waals surface area contributed by atoms with Crippen molar-refractivity contribution in [2.45, 2.75) is 142 Å². The van der Waals surface area contributed by atoms with Gasteiger partial charge in [0.2, 0.25) is 0 Å². The minimum absolute atomic E-state index is 0.161. The third-order valence-electron chi connectivity index (χ3n) is 11.1. The molecule has 3 heteroatoms. The van der Waals surface area contributed by atoms with E-state index in [0.717, 1.165) is 55.1 Å². The summed E-state index contributed by atoms with van der Waals surface area (Å²) in [7, 11) is 0. The summed E-state index contributed by atoms with van der Waals surface area (Å²) >= 11 is 0. The fraction of sp³-hybridized carbons (Fsp3) is 0.750. The van der Waals surface area contributed by atoms with Gasteiger partial charge >= 0.3 is 5.63 Å². The van der Waals surface area contributed by atoms with Crippen LogP contribution in [0.25, 0.3) is 10.8 Å². The van der Waals surface area contributed by atoms with Gasteiger partial charge in [0.25, 0.3) is 0 Å². The molecule has 0 aliphatic heterocycles. The van der Waals surface area contributed by atoms with Crippen molar-refractivity contribution in [1.29, 1.82) is 0 Å². The molecule has 3 saturated carbocycles. The summed E-state index contributed by atoms with van der Waals surface area (Å²) in [5, 5.41) is 0.872. The molecule has 0 N–H and O–H groups in total. The first kappa shape index (κ1) is 28.9. The maximum Gasteiger partial charge on any atom is 0.346 e. The van der Waals surface area contributed by atoms with Gasteiger partial charge in [0, 0.05) is 5.92 Å². The van der Waals surface area contributed by atoms with Crippen molar-refractivity contribution in [2.75, 3.05) is 0 Å². The summed E-state index contributed by atoms with van der Waals surface area (Å²) < 4.78 is 21.3. The van der Waals surface area contributed by atoms with E-state index >= 15 is 4.39 Å². The zero-order valence-corrected chi connectivity index (χ0v) is 24.8. The van der Waals surface area contributed by atoms with Gasteiger partial charge in [0.1, 0.15) is 17.0 Å². The van der Waals surface area contributed by atoms with Crippen LogP contribution in [-0.2, 0) is 6.42 Å². The van der Waals surface area contributed by atoms with Crippen LogP contribution in [0, 0.1) is 35.4 Å². The highest BCUT2D eigenvalue weighted by molar-refractivity contribution is 5.82. The number of rotatable bonds is 10. The van der Waals surface area contributed by atoms with Crippen LogP contribution in [0.3, 0.4) is 0 Å². The Labute approximate surface area is 236 Å². The fourth-order valence-electron chi connectivity index (χ4n) is 8.59. The molecule has 0 spiro atoms. The van der Waals surface area contributed by atoms with Crippen LogP contribution in [0.4, 0.5) is 4.39 Å². The summed E-state index contributed by atoms with van der Waals surface area (Å²) in [4.78, 5) is 12.9. The van der Waals surface area contributed by atoms with Gasteiger partial charge in [-0.25, -0.2) is 9.18 Å². The van der Waals surface area contributed by atoms with Crippen molar-refractivity contribution in [3.05, 3.63) is 45.8 Å². The number of unbranched alkanes of at least 4 members (excludes halogenated alkanes) is 1. The molecular formula is C36H53FO2. The molecule has 1 heterocycles. The van der Waals surface area contributed by atoms with Crippen molar-refractivity contribution in [2.24, 2.45) is 29.6 Å². The molecule has 216 valence electrons. The first-order valence-corrected chi connectivity index (χ1v) is 16.8. The molecule has 0 unspecified atom stereocenters. The molecule has 3 fully saturated rings. The fourth-order valence-corrected chi connectivity index (χ4v) is 8.59. The van der Waals surface area contributed by atoms with E-state index in [2.05, 4.69) is 13.8 Å². The van der Waals surface area contributed by atoms with Crippen molar-refractivity contribution in [3.8, 4) is 0 Å². The maximum absolute atomic E-state index is 15.5. The number of hydrogen-bond donors (Lipinski definition) is 0. The van der Waals surface area contributed by atoms with E-state index in [1.54, 1.807) is 0 Å². The Hall–Kier alpha value is -1.64. The van der Waals surface area contributed by atoms with Crippen LogP contribution < -0.4 is 5.63 Å². The number of benzene rings is 1. The minimum Gasteiger partial charge on any atom is -0.427 e. The Morgan fingerprint density at radius 3 is 1.95 bits per heavy atom. The first-order chi connectivity index (χ1) is 19.1. The Bertz CT molecular complexity index is 1090. The molecule has 0 saturated heterocycles.